The number of nitrogens with zero attached hydrogens (tertiary/aromatic N) is 2. The number of nitrogens with two attached hydrogens (primary N) is 1. The molecular weight excluding hydrogens is 254 g/mol. The van der Waals surface area contributed by atoms with E-state index >= 15 is 0 Å². The van der Waals surface area contributed by atoms with Gasteiger partial charge in [-0.2, -0.15) is 5.10 Å². The first-order valence-corrected chi connectivity index (χ1v) is 7.32. The quantitative estimate of drug-likeness (QED) is 0.887. The number of hydrogen-bond acceptors (Lipinski definition) is 5. The van der Waals surface area contributed by atoms with E-state index in [2.05, 4.69) is 5.10 Å². The fourth-order valence-electron chi connectivity index (χ4n) is 1.75. The molecule has 18 heavy (non-hydrogen) atoms. The third-order valence-corrected chi connectivity index (χ3v) is 3.69. The zero-order valence-electron chi connectivity index (χ0n) is 10.1. The fraction of sp³-hybridized carbons (Fsp3) is 0.364. The minimum Gasteiger partial charge on any atom is -0.467 e. The van der Waals surface area contributed by atoms with Gasteiger partial charge in [-0.1, -0.05) is 0 Å². The summed E-state index contributed by atoms with van der Waals surface area (Å²) in [6.07, 6.45) is 5.47. The number of aromatic nitrogens is 2. The summed E-state index contributed by atoms with van der Waals surface area (Å²) in [4.78, 5) is 0.166. The smallest absolute Gasteiger partial charge is 0.178 e. The molecule has 6 nitrogen and oxygen atoms in total. The Morgan fingerprint density at radius 3 is 2.67 bits per heavy atom. The minimum atomic E-state index is -3.26. The average Bonchev–Trinajstić information content (AvgIpc) is 2.86. The Labute approximate surface area is 105 Å². The van der Waals surface area contributed by atoms with Crippen molar-refractivity contribution < 1.29 is 12.8 Å². The Kier molecular flexibility index (Phi) is 3.27. The molecule has 0 aliphatic rings. The molecule has 98 valence electrons. The molecule has 0 amide bonds. The summed E-state index contributed by atoms with van der Waals surface area (Å²) in [6.45, 7) is 1.81. The first-order chi connectivity index (χ1) is 8.39. The first-order valence-electron chi connectivity index (χ1n) is 5.43. The third-order valence-electron chi connectivity index (χ3n) is 2.62. The van der Waals surface area contributed by atoms with E-state index < -0.39 is 9.84 Å². The van der Waals surface area contributed by atoms with Crippen LogP contribution in [0, 0.1) is 0 Å². The van der Waals surface area contributed by atoms with Crippen molar-refractivity contribution >= 4 is 9.84 Å². The van der Waals surface area contributed by atoms with E-state index in [1.807, 2.05) is 6.92 Å². The Bertz CT molecular complexity index is 614. The summed E-state index contributed by atoms with van der Waals surface area (Å²) in [5.41, 5.74) is 5.91. The van der Waals surface area contributed by atoms with Crippen molar-refractivity contribution in [2.75, 3.05) is 6.26 Å². The highest BCUT2D eigenvalue weighted by Crippen LogP contribution is 2.22. The monoisotopic (exact) mass is 269 g/mol. The van der Waals surface area contributed by atoms with Gasteiger partial charge in [0.05, 0.1) is 12.5 Å². The Balaban J connectivity index is 2.42. The number of rotatable bonds is 4. The van der Waals surface area contributed by atoms with Crippen LogP contribution in [0.1, 0.15) is 18.7 Å². The van der Waals surface area contributed by atoms with Gasteiger partial charge in [0.1, 0.15) is 16.7 Å². The van der Waals surface area contributed by atoms with Crippen LogP contribution in [0.4, 0.5) is 0 Å². The second-order valence-electron chi connectivity index (χ2n) is 4.25. The zero-order valence-corrected chi connectivity index (χ0v) is 11.0. The molecule has 0 saturated heterocycles. The van der Waals surface area contributed by atoms with Gasteiger partial charge in [-0.3, -0.25) is 4.68 Å². The molecule has 0 aromatic carbocycles. The summed E-state index contributed by atoms with van der Waals surface area (Å²) in [5, 5.41) is 4.06. The molecule has 2 heterocycles. The lowest BCUT2D eigenvalue weighted by molar-refractivity contribution is 0.368. The summed E-state index contributed by atoms with van der Waals surface area (Å²) in [7, 11) is -3.26. The highest BCUT2D eigenvalue weighted by atomic mass is 32.2. The molecule has 2 N–H and O–H groups in total. The first kappa shape index (κ1) is 12.8. The van der Waals surface area contributed by atoms with Gasteiger partial charge in [-0.25, -0.2) is 8.42 Å². The van der Waals surface area contributed by atoms with Crippen molar-refractivity contribution in [1.29, 1.82) is 0 Å². The minimum absolute atomic E-state index is 0.166. The predicted octanol–water partition coefficient (Wildman–Crippen LogP) is 0.816. The molecule has 0 bridgehead atoms. The van der Waals surface area contributed by atoms with Gasteiger partial charge < -0.3 is 10.2 Å². The van der Waals surface area contributed by atoms with Crippen molar-refractivity contribution in [2.24, 2.45) is 5.73 Å². The van der Waals surface area contributed by atoms with E-state index in [9.17, 15) is 8.42 Å². The van der Waals surface area contributed by atoms with Crippen molar-refractivity contribution in [1.82, 2.24) is 9.78 Å². The second kappa shape index (κ2) is 4.58. The summed E-state index contributed by atoms with van der Waals surface area (Å²) in [6, 6.07) is 2.96. The maximum Gasteiger partial charge on any atom is 0.178 e. The van der Waals surface area contributed by atoms with Crippen molar-refractivity contribution in [2.45, 2.75) is 23.9 Å². The van der Waals surface area contributed by atoms with Crippen LogP contribution in [0.25, 0.3) is 0 Å². The van der Waals surface area contributed by atoms with Crippen molar-refractivity contribution in [3.8, 4) is 0 Å². The molecule has 0 spiro atoms. The summed E-state index contributed by atoms with van der Waals surface area (Å²) >= 11 is 0. The number of sulfone groups is 1. The van der Waals surface area contributed by atoms with Crippen LogP contribution in [-0.4, -0.2) is 30.5 Å². The molecule has 2 aromatic heterocycles. The lowest BCUT2D eigenvalue weighted by Gasteiger charge is -2.18. The normalized spacial score (nSPS) is 15.5. The third kappa shape index (κ3) is 2.46. The molecule has 0 saturated carbocycles. The molecule has 2 aromatic rings. The molecule has 0 radical (unpaired) electrons. The van der Waals surface area contributed by atoms with Crippen LogP contribution in [0.3, 0.4) is 0 Å². The van der Waals surface area contributed by atoms with Crippen molar-refractivity contribution in [3.05, 3.63) is 36.5 Å². The SMILES string of the molecule is CC(N)C(c1ccco1)n1cc(S(C)(=O)=O)cn1. The largest absolute Gasteiger partial charge is 0.467 e. The highest BCUT2D eigenvalue weighted by Gasteiger charge is 2.23. The van der Waals surface area contributed by atoms with E-state index in [1.165, 1.54) is 17.1 Å². The molecule has 2 rings (SSSR count). The van der Waals surface area contributed by atoms with Crippen LogP contribution in [0.5, 0.6) is 0 Å². The van der Waals surface area contributed by atoms with Crippen molar-refractivity contribution in [3.63, 3.8) is 0 Å². The predicted molar refractivity (Wildman–Crippen MR) is 65.8 cm³/mol. The Hall–Kier alpha value is -1.60. The standard InChI is InChI=1S/C11H15N3O3S/c1-8(12)11(10-4-3-5-17-10)14-7-9(6-13-14)18(2,15)16/h3-8,11H,12H2,1-2H3. The molecule has 2 atom stereocenters. The summed E-state index contributed by atoms with van der Waals surface area (Å²) in [5.74, 6) is 0.646. The molecule has 7 heteroatoms. The molecule has 0 aliphatic carbocycles. The average molecular weight is 269 g/mol. The van der Waals surface area contributed by atoms with Gasteiger partial charge in [0.2, 0.25) is 0 Å². The van der Waals surface area contributed by atoms with Crippen LogP contribution < -0.4 is 5.73 Å². The van der Waals surface area contributed by atoms with Crippen LogP contribution >= 0.6 is 0 Å². The Morgan fingerprint density at radius 2 is 2.22 bits per heavy atom. The topological polar surface area (TPSA) is 91.1 Å². The maximum absolute atomic E-state index is 11.4. The Morgan fingerprint density at radius 1 is 1.50 bits per heavy atom. The van der Waals surface area contributed by atoms with Gasteiger partial charge in [0, 0.05) is 18.5 Å². The van der Waals surface area contributed by atoms with E-state index in [0.29, 0.717) is 5.76 Å². The molecule has 0 aliphatic heterocycles. The van der Waals surface area contributed by atoms with Gasteiger partial charge in [-0.15, -0.1) is 0 Å². The van der Waals surface area contributed by atoms with Crippen LogP contribution in [-0.2, 0) is 9.84 Å². The van der Waals surface area contributed by atoms with Gasteiger partial charge in [-0.05, 0) is 19.1 Å². The molecule has 2 unspecified atom stereocenters. The lowest BCUT2D eigenvalue weighted by Crippen LogP contribution is -2.30. The van der Waals surface area contributed by atoms with E-state index in [1.54, 1.807) is 18.4 Å². The highest BCUT2D eigenvalue weighted by molar-refractivity contribution is 7.90. The van der Waals surface area contributed by atoms with Crippen LogP contribution in [0.2, 0.25) is 0 Å². The van der Waals surface area contributed by atoms with E-state index in [4.69, 9.17) is 10.2 Å². The maximum atomic E-state index is 11.4. The number of hydrogen-bond donors (Lipinski definition) is 1. The fourth-order valence-corrected chi connectivity index (χ4v) is 2.29. The van der Waals surface area contributed by atoms with E-state index in [0.717, 1.165) is 6.26 Å². The second-order valence-corrected chi connectivity index (χ2v) is 6.26. The lowest BCUT2D eigenvalue weighted by atomic mass is 10.1. The number of furan rings is 1. The van der Waals surface area contributed by atoms with Gasteiger partial charge in [0.25, 0.3) is 0 Å². The van der Waals surface area contributed by atoms with Gasteiger partial charge in [0.15, 0.2) is 9.84 Å². The molecule has 0 fully saturated rings. The molecular formula is C11H15N3O3S. The zero-order chi connectivity index (χ0) is 13.3. The summed E-state index contributed by atoms with van der Waals surface area (Å²) < 4.78 is 29.7. The van der Waals surface area contributed by atoms with Gasteiger partial charge >= 0.3 is 0 Å². The van der Waals surface area contributed by atoms with Crippen LogP contribution in [0.15, 0.2) is 40.1 Å². The van der Waals surface area contributed by atoms with E-state index in [-0.39, 0.29) is 17.0 Å².